The number of ether oxygens (including phenoxy) is 1. The van der Waals surface area contributed by atoms with E-state index >= 15 is 0 Å². The lowest BCUT2D eigenvalue weighted by molar-refractivity contribution is 0.0595. The first-order valence-corrected chi connectivity index (χ1v) is 4.54. The van der Waals surface area contributed by atoms with Crippen LogP contribution >= 0.6 is 0 Å². The lowest BCUT2D eigenvalue weighted by Crippen LogP contribution is -2.14. The number of rotatable bonds is 5. The molecule has 0 unspecified atom stereocenters. The van der Waals surface area contributed by atoms with Crippen molar-refractivity contribution in [3.8, 4) is 0 Å². The maximum Gasteiger partial charge on any atom is 0.358 e. The Bertz CT molecular complexity index is 376. The molecule has 1 rings (SSSR count). The predicted molar refractivity (Wildman–Crippen MR) is 54.2 cm³/mol. The Morgan fingerprint density at radius 2 is 2.50 bits per heavy atom. The lowest BCUT2D eigenvalue weighted by atomic mass is 10.4. The molecule has 1 aromatic heterocycles. The highest BCUT2D eigenvalue weighted by Crippen LogP contribution is 2.14. The molecule has 0 aromatic carbocycles. The molecule has 0 spiro atoms. The number of carbonyl (C=O) groups excluding carboxylic acids is 1. The highest BCUT2D eigenvalue weighted by molar-refractivity contribution is 5.91. The van der Waals surface area contributed by atoms with Gasteiger partial charge in [-0.25, -0.2) is 9.78 Å². The van der Waals surface area contributed by atoms with Crippen LogP contribution < -0.4 is 0 Å². The Balaban J connectivity index is 2.74. The van der Waals surface area contributed by atoms with Gasteiger partial charge in [-0.15, -0.1) is 5.11 Å². The van der Waals surface area contributed by atoms with Crippen molar-refractivity contribution >= 4 is 11.8 Å². The molecule has 8 heteroatoms. The first kappa shape index (κ1) is 12.1. The molecule has 16 heavy (non-hydrogen) atoms. The number of likely N-dealkylation sites (N-methyl/N-ethyl adjacent to an activating group) is 1. The molecule has 1 aromatic rings. The van der Waals surface area contributed by atoms with Gasteiger partial charge in [-0.1, -0.05) is 5.22 Å². The van der Waals surface area contributed by atoms with E-state index < -0.39 is 5.97 Å². The molecular formula is C8H13N5O3. The summed E-state index contributed by atoms with van der Waals surface area (Å²) in [6.45, 7) is 0.321. The van der Waals surface area contributed by atoms with Crippen molar-refractivity contribution in [2.24, 2.45) is 10.3 Å². The largest absolute Gasteiger partial charge is 0.464 e. The fourth-order valence-corrected chi connectivity index (χ4v) is 0.923. The number of methoxy groups -OCH3 is 1. The number of nitrogens with zero attached hydrogens (tertiary/aromatic N) is 4. The minimum Gasteiger partial charge on any atom is -0.464 e. The monoisotopic (exact) mass is 227 g/mol. The van der Waals surface area contributed by atoms with Crippen LogP contribution in [0, 0.1) is 0 Å². The van der Waals surface area contributed by atoms with Crippen molar-refractivity contribution < 1.29 is 14.6 Å². The number of hydrogen-bond donors (Lipinski definition) is 2. The third-order valence-electron chi connectivity index (χ3n) is 1.72. The van der Waals surface area contributed by atoms with Gasteiger partial charge in [-0.2, -0.15) is 0 Å². The van der Waals surface area contributed by atoms with Crippen LogP contribution in [0.2, 0.25) is 0 Å². The molecule has 0 aliphatic carbocycles. The number of hydrogen-bond acceptors (Lipinski definition) is 6. The van der Waals surface area contributed by atoms with E-state index in [1.807, 2.05) is 0 Å². The molecule has 1 heterocycles. The fraction of sp³-hybridized carbons (Fsp3) is 0.500. The Hall–Kier alpha value is -1.96. The lowest BCUT2D eigenvalue weighted by Gasteiger charge is -2.07. The standard InChI is InChI=1S/C8H13N5O3/c1-13(3-4-14)12-11-7-6(8(15)16-2)9-5-10-7/h5,14H,3-4H2,1-2H3,(H,9,10)/b12-11+. The molecule has 0 bridgehead atoms. The van der Waals surface area contributed by atoms with Crippen molar-refractivity contribution in [3.05, 3.63) is 12.0 Å². The van der Waals surface area contributed by atoms with Crippen LogP contribution in [0.4, 0.5) is 5.82 Å². The van der Waals surface area contributed by atoms with E-state index in [2.05, 4.69) is 25.0 Å². The normalized spacial score (nSPS) is 10.7. The second-order valence-electron chi connectivity index (χ2n) is 2.89. The number of nitrogens with one attached hydrogen (secondary N) is 1. The van der Waals surface area contributed by atoms with Gasteiger partial charge in [-0.3, -0.25) is 5.01 Å². The van der Waals surface area contributed by atoms with Gasteiger partial charge in [-0.05, 0) is 0 Å². The zero-order valence-electron chi connectivity index (χ0n) is 9.04. The first-order chi connectivity index (χ1) is 7.69. The van der Waals surface area contributed by atoms with E-state index in [0.29, 0.717) is 6.54 Å². The molecule has 0 aliphatic heterocycles. The van der Waals surface area contributed by atoms with E-state index in [1.165, 1.54) is 18.4 Å². The number of aliphatic hydroxyl groups is 1. The summed E-state index contributed by atoms with van der Waals surface area (Å²) < 4.78 is 4.52. The quantitative estimate of drug-likeness (QED) is 0.422. The Morgan fingerprint density at radius 1 is 1.75 bits per heavy atom. The Labute approximate surface area is 91.9 Å². The summed E-state index contributed by atoms with van der Waals surface area (Å²) in [5.41, 5.74) is 0.142. The number of imidazole rings is 1. The number of aromatic amines is 1. The third kappa shape index (κ3) is 3.02. The number of aromatic nitrogens is 2. The van der Waals surface area contributed by atoms with Gasteiger partial charge in [0.2, 0.25) is 5.82 Å². The molecule has 0 fully saturated rings. The summed E-state index contributed by atoms with van der Waals surface area (Å²) in [5, 5.41) is 17.6. The minimum absolute atomic E-state index is 0.0278. The van der Waals surface area contributed by atoms with Gasteiger partial charge in [0.15, 0.2) is 5.69 Å². The molecule has 0 radical (unpaired) electrons. The SMILES string of the molecule is COC(=O)c1[nH]cnc1/N=N/N(C)CCO. The molecular weight excluding hydrogens is 214 g/mol. The van der Waals surface area contributed by atoms with Crippen LogP contribution in [0.1, 0.15) is 10.5 Å². The van der Waals surface area contributed by atoms with Crippen LogP contribution in [0.15, 0.2) is 16.7 Å². The summed E-state index contributed by atoms with van der Waals surface area (Å²) >= 11 is 0. The Morgan fingerprint density at radius 3 is 3.12 bits per heavy atom. The molecule has 8 nitrogen and oxygen atoms in total. The van der Waals surface area contributed by atoms with Crippen LogP contribution in [0.25, 0.3) is 0 Å². The van der Waals surface area contributed by atoms with Gasteiger partial charge >= 0.3 is 5.97 Å². The zero-order chi connectivity index (χ0) is 12.0. The number of aliphatic hydroxyl groups excluding tert-OH is 1. The summed E-state index contributed by atoms with van der Waals surface area (Å²) in [5.74, 6) is -0.409. The van der Waals surface area contributed by atoms with E-state index in [4.69, 9.17) is 5.11 Å². The first-order valence-electron chi connectivity index (χ1n) is 4.54. The maximum absolute atomic E-state index is 11.2. The van der Waals surface area contributed by atoms with Crippen molar-refractivity contribution in [2.45, 2.75) is 0 Å². The molecule has 0 saturated heterocycles. The highest BCUT2D eigenvalue weighted by Gasteiger charge is 2.14. The van der Waals surface area contributed by atoms with Crippen LogP contribution in [0.3, 0.4) is 0 Å². The third-order valence-corrected chi connectivity index (χ3v) is 1.72. The summed E-state index contributed by atoms with van der Waals surface area (Å²) in [4.78, 5) is 17.6. The van der Waals surface area contributed by atoms with Gasteiger partial charge in [0.05, 0.1) is 26.6 Å². The highest BCUT2D eigenvalue weighted by atomic mass is 16.5. The van der Waals surface area contributed by atoms with Gasteiger partial charge < -0.3 is 14.8 Å². The van der Waals surface area contributed by atoms with Gasteiger partial charge in [0.1, 0.15) is 0 Å². The fourth-order valence-electron chi connectivity index (χ4n) is 0.923. The van der Waals surface area contributed by atoms with Crippen molar-refractivity contribution in [2.75, 3.05) is 27.3 Å². The average molecular weight is 227 g/mol. The summed E-state index contributed by atoms with van der Waals surface area (Å²) in [7, 11) is 2.91. The maximum atomic E-state index is 11.2. The molecule has 2 N–H and O–H groups in total. The van der Waals surface area contributed by atoms with Crippen molar-refractivity contribution in [1.82, 2.24) is 15.0 Å². The molecule has 0 aliphatic rings. The molecule has 88 valence electrons. The topological polar surface area (TPSA) is 103 Å². The second kappa shape index (κ2) is 5.81. The van der Waals surface area contributed by atoms with E-state index in [1.54, 1.807) is 7.05 Å². The van der Waals surface area contributed by atoms with Gasteiger partial charge in [0.25, 0.3) is 0 Å². The smallest absolute Gasteiger partial charge is 0.358 e. The van der Waals surface area contributed by atoms with Crippen LogP contribution in [0.5, 0.6) is 0 Å². The minimum atomic E-state index is -0.559. The van der Waals surface area contributed by atoms with Crippen LogP contribution in [-0.4, -0.2) is 53.4 Å². The number of carbonyl (C=O) groups is 1. The van der Waals surface area contributed by atoms with E-state index in [-0.39, 0.29) is 18.1 Å². The Kier molecular flexibility index (Phi) is 4.40. The molecule has 0 saturated carbocycles. The van der Waals surface area contributed by atoms with E-state index in [0.717, 1.165) is 0 Å². The average Bonchev–Trinajstić information content (AvgIpc) is 2.74. The number of esters is 1. The van der Waals surface area contributed by atoms with E-state index in [9.17, 15) is 4.79 Å². The van der Waals surface area contributed by atoms with Crippen LogP contribution in [-0.2, 0) is 4.74 Å². The zero-order valence-corrected chi connectivity index (χ0v) is 9.04. The molecule has 0 amide bonds. The van der Waals surface area contributed by atoms with Crippen molar-refractivity contribution in [1.29, 1.82) is 0 Å². The second-order valence-corrected chi connectivity index (χ2v) is 2.89. The summed E-state index contributed by atoms with van der Waals surface area (Å²) in [6, 6.07) is 0. The predicted octanol–water partition coefficient (Wildman–Crippen LogP) is 0.119. The summed E-state index contributed by atoms with van der Waals surface area (Å²) in [6.07, 6.45) is 1.33. The number of H-pyrrole nitrogens is 1. The van der Waals surface area contributed by atoms with Gasteiger partial charge in [0, 0.05) is 7.05 Å². The van der Waals surface area contributed by atoms with Crippen molar-refractivity contribution in [3.63, 3.8) is 0 Å². The molecule has 0 atom stereocenters.